The van der Waals surface area contributed by atoms with Gasteiger partial charge in [0.1, 0.15) is 6.17 Å². The van der Waals surface area contributed by atoms with Crippen molar-refractivity contribution in [3.8, 4) is 0 Å². The van der Waals surface area contributed by atoms with Gasteiger partial charge in [0.05, 0.1) is 0 Å². The molecule has 0 aromatic carbocycles. The third-order valence-electron chi connectivity index (χ3n) is 3.24. The second-order valence-corrected chi connectivity index (χ2v) is 4.20. The third-order valence-corrected chi connectivity index (χ3v) is 3.24. The molecule has 0 radical (unpaired) electrons. The standard InChI is InChI=1S/C9H16FN/c1-9-4-2-3-5-11(9)7-8(10)6-9/h8H,2-7H2,1H3. The molecule has 0 saturated carbocycles. The van der Waals surface area contributed by atoms with E-state index in [1.54, 1.807) is 0 Å². The summed E-state index contributed by atoms with van der Waals surface area (Å²) in [6, 6.07) is 0. The predicted molar refractivity (Wildman–Crippen MR) is 43.3 cm³/mol. The average molecular weight is 157 g/mol. The topological polar surface area (TPSA) is 3.24 Å². The van der Waals surface area contributed by atoms with Crippen molar-refractivity contribution in [2.24, 2.45) is 0 Å². The Kier molecular flexibility index (Phi) is 1.67. The number of hydrogen-bond donors (Lipinski definition) is 0. The molecule has 2 unspecified atom stereocenters. The average Bonchev–Trinajstić information content (AvgIpc) is 2.22. The maximum atomic E-state index is 13.0. The number of rotatable bonds is 0. The second-order valence-electron chi connectivity index (χ2n) is 4.20. The predicted octanol–water partition coefficient (Wildman–Crippen LogP) is 1.97. The lowest BCUT2D eigenvalue weighted by Crippen LogP contribution is -2.44. The van der Waals surface area contributed by atoms with Crippen molar-refractivity contribution in [1.82, 2.24) is 4.90 Å². The van der Waals surface area contributed by atoms with Crippen molar-refractivity contribution in [3.63, 3.8) is 0 Å². The van der Waals surface area contributed by atoms with Crippen LogP contribution in [-0.4, -0.2) is 29.7 Å². The van der Waals surface area contributed by atoms with Gasteiger partial charge in [-0.25, -0.2) is 4.39 Å². The van der Waals surface area contributed by atoms with Crippen LogP contribution in [0, 0.1) is 0 Å². The van der Waals surface area contributed by atoms with Gasteiger partial charge in [-0.05, 0) is 32.7 Å². The van der Waals surface area contributed by atoms with Crippen LogP contribution in [-0.2, 0) is 0 Å². The summed E-state index contributed by atoms with van der Waals surface area (Å²) in [6.07, 6.45) is 3.97. The minimum Gasteiger partial charge on any atom is -0.295 e. The van der Waals surface area contributed by atoms with E-state index in [1.807, 2.05) is 0 Å². The summed E-state index contributed by atoms with van der Waals surface area (Å²) in [5.74, 6) is 0. The van der Waals surface area contributed by atoms with Crippen LogP contribution in [0.3, 0.4) is 0 Å². The highest BCUT2D eigenvalue weighted by molar-refractivity contribution is 4.98. The lowest BCUT2D eigenvalue weighted by molar-refractivity contribution is 0.107. The van der Waals surface area contributed by atoms with Crippen molar-refractivity contribution in [3.05, 3.63) is 0 Å². The van der Waals surface area contributed by atoms with Crippen molar-refractivity contribution >= 4 is 0 Å². The SMILES string of the molecule is CC12CCCCN1CC(F)C2. The highest BCUT2D eigenvalue weighted by Gasteiger charge is 2.42. The maximum absolute atomic E-state index is 13.0. The molecule has 0 aliphatic carbocycles. The number of nitrogens with zero attached hydrogens (tertiary/aromatic N) is 1. The van der Waals surface area contributed by atoms with E-state index in [-0.39, 0.29) is 5.54 Å². The molecule has 11 heavy (non-hydrogen) atoms. The smallest absolute Gasteiger partial charge is 0.115 e. The summed E-state index contributed by atoms with van der Waals surface area (Å²) < 4.78 is 13.0. The molecule has 2 rings (SSSR count). The first-order valence-corrected chi connectivity index (χ1v) is 4.60. The Morgan fingerprint density at radius 1 is 1.45 bits per heavy atom. The molecule has 64 valence electrons. The van der Waals surface area contributed by atoms with Crippen LogP contribution in [0.4, 0.5) is 4.39 Å². The first kappa shape index (κ1) is 7.53. The molecule has 2 heterocycles. The Hall–Kier alpha value is -0.110. The molecular formula is C9H16FN. The Labute approximate surface area is 67.6 Å². The molecule has 2 aliphatic heterocycles. The number of piperidine rings is 1. The molecule has 2 atom stereocenters. The monoisotopic (exact) mass is 157 g/mol. The van der Waals surface area contributed by atoms with Crippen LogP contribution >= 0.6 is 0 Å². The molecular weight excluding hydrogens is 141 g/mol. The van der Waals surface area contributed by atoms with Gasteiger partial charge >= 0.3 is 0 Å². The summed E-state index contributed by atoms with van der Waals surface area (Å²) in [7, 11) is 0. The highest BCUT2D eigenvalue weighted by Crippen LogP contribution is 2.37. The van der Waals surface area contributed by atoms with Crippen molar-refractivity contribution < 1.29 is 4.39 Å². The summed E-state index contributed by atoms with van der Waals surface area (Å²) in [4.78, 5) is 2.33. The summed E-state index contributed by atoms with van der Waals surface area (Å²) in [5.41, 5.74) is 0.220. The van der Waals surface area contributed by atoms with E-state index in [1.165, 1.54) is 19.3 Å². The minimum absolute atomic E-state index is 0.220. The van der Waals surface area contributed by atoms with Crippen LogP contribution in [0.2, 0.25) is 0 Å². The van der Waals surface area contributed by atoms with Crippen molar-refractivity contribution in [1.29, 1.82) is 0 Å². The lowest BCUT2D eigenvalue weighted by Gasteiger charge is -2.38. The fraction of sp³-hybridized carbons (Fsp3) is 1.00. The van der Waals surface area contributed by atoms with Gasteiger partial charge in [-0.15, -0.1) is 0 Å². The number of halogens is 1. The normalized spacial score (nSPS) is 45.8. The molecule has 0 aromatic rings. The summed E-state index contributed by atoms with van der Waals surface area (Å²) in [5, 5.41) is 0. The molecule has 0 bridgehead atoms. The van der Waals surface area contributed by atoms with Gasteiger partial charge in [0.15, 0.2) is 0 Å². The Bertz CT molecular complexity index is 160. The minimum atomic E-state index is -0.557. The molecule has 2 saturated heterocycles. The maximum Gasteiger partial charge on any atom is 0.115 e. The lowest BCUT2D eigenvalue weighted by atomic mass is 9.88. The first-order chi connectivity index (χ1) is 5.21. The largest absolute Gasteiger partial charge is 0.295 e. The quantitative estimate of drug-likeness (QED) is 0.519. The fourth-order valence-electron chi connectivity index (χ4n) is 2.56. The van der Waals surface area contributed by atoms with E-state index in [9.17, 15) is 4.39 Å². The van der Waals surface area contributed by atoms with E-state index in [0.717, 1.165) is 13.0 Å². The molecule has 0 spiro atoms. The zero-order valence-corrected chi connectivity index (χ0v) is 7.15. The molecule has 1 nitrogen and oxygen atoms in total. The number of alkyl halides is 1. The third kappa shape index (κ3) is 1.18. The van der Waals surface area contributed by atoms with Crippen LogP contribution in [0.25, 0.3) is 0 Å². The molecule has 0 amide bonds. The molecule has 0 N–H and O–H groups in total. The molecule has 2 aliphatic rings. The van der Waals surface area contributed by atoms with Gasteiger partial charge in [0, 0.05) is 12.1 Å². The zero-order chi connectivity index (χ0) is 7.90. The highest BCUT2D eigenvalue weighted by atomic mass is 19.1. The van der Waals surface area contributed by atoms with Crippen LogP contribution in [0.15, 0.2) is 0 Å². The zero-order valence-electron chi connectivity index (χ0n) is 7.15. The molecule has 2 fully saturated rings. The van der Waals surface area contributed by atoms with E-state index in [0.29, 0.717) is 6.54 Å². The van der Waals surface area contributed by atoms with Crippen molar-refractivity contribution in [2.75, 3.05) is 13.1 Å². The Balaban J connectivity index is 2.11. The van der Waals surface area contributed by atoms with Crippen molar-refractivity contribution in [2.45, 2.75) is 44.3 Å². The Morgan fingerprint density at radius 3 is 3.00 bits per heavy atom. The van der Waals surface area contributed by atoms with E-state index in [2.05, 4.69) is 11.8 Å². The van der Waals surface area contributed by atoms with Gasteiger partial charge in [-0.1, -0.05) is 6.42 Å². The first-order valence-electron chi connectivity index (χ1n) is 4.60. The van der Waals surface area contributed by atoms with Gasteiger partial charge in [0.2, 0.25) is 0 Å². The number of fused-ring (bicyclic) bond motifs is 1. The molecule has 0 aromatic heterocycles. The summed E-state index contributed by atoms with van der Waals surface area (Å²) in [6.45, 7) is 4.03. The van der Waals surface area contributed by atoms with Crippen LogP contribution in [0.5, 0.6) is 0 Å². The molecule has 2 heteroatoms. The van der Waals surface area contributed by atoms with Crippen LogP contribution < -0.4 is 0 Å². The Morgan fingerprint density at radius 2 is 2.27 bits per heavy atom. The number of hydrogen-bond acceptors (Lipinski definition) is 1. The van der Waals surface area contributed by atoms with Crippen LogP contribution in [0.1, 0.15) is 32.6 Å². The van der Waals surface area contributed by atoms with E-state index >= 15 is 0 Å². The second kappa shape index (κ2) is 2.44. The van der Waals surface area contributed by atoms with Gasteiger partial charge in [-0.3, -0.25) is 4.90 Å². The van der Waals surface area contributed by atoms with Gasteiger partial charge < -0.3 is 0 Å². The van der Waals surface area contributed by atoms with Gasteiger partial charge in [-0.2, -0.15) is 0 Å². The van der Waals surface area contributed by atoms with E-state index < -0.39 is 6.17 Å². The summed E-state index contributed by atoms with van der Waals surface area (Å²) >= 11 is 0. The van der Waals surface area contributed by atoms with E-state index in [4.69, 9.17) is 0 Å². The van der Waals surface area contributed by atoms with Gasteiger partial charge in [0.25, 0.3) is 0 Å². The fourth-order valence-corrected chi connectivity index (χ4v) is 2.56.